The van der Waals surface area contributed by atoms with Crippen molar-refractivity contribution in [1.82, 2.24) is 10.0 Å². The lowest BCUT2D eigenvalue weighted by atomic mass is 9.80. The van der Waals surface area contributed by atoms with Crippen molar-refractivity contribution >= 4 is 10.0 Å². The second kappa shape index (κ2) is 5.38. The van der Waals surface area contributed by atoms with E-state index < -0.39 is 32.1 Å². The number of hydrogen-bond donors (Lipinski definition) is 2. The molecular weight excluding hydrogens is 286 g/mol. The van der Waals surface area contributed by atoms with Crippen LogP contribution in [0.5, 0.6) is 0 Å². The summed E-state index contributed by atoms with van der Waals surface area (Å²) in [6.45, 7) is 1.71. The summed E-state index contributed by atoms with van der Waals surface area (Å²) in [6, 6.07) is 1.95. The summed E-state index contributed by atoms with van der Waals surface area (Å²) in [7, 11) is -2.45. The van der Waals surface area contributed by atoms with E-state index >= 15 is 0 Å². The van der Waals surface area contributed by atoms with Crippen LogP contribution in [0.3, 0.4) is 0 Å². The lowest BCUT2D eigenvalue weighted by molar-refractivity contribution is 0.247. The molecule has 2 rings (SSSR count). The van der Waals surface area contributed by atoms with E-state index in [4.69, 9.17) is 0 Å². The molecule has 7 heteroatoms. The van der Waals surface area contributed by atoms with Crippen LogP contribution in [0.1, 0.15) is 31.7 Å². The standard InChI is InChI=1S/C13H18F2N2O2S/c1-13(6-3-7-13)17-20(18,19)11-5-4-10(14)9(8-16-2)12(11)15/h4-5,16-17H,3,6-8H2,1-2H3. The third-order valence-electron chi connectivity index (χ3n) is 3.63. The minimum absolute atomic E-state index is 0.0711. The molecule has 2 N–H and O–H groups in total. The Morgan fingerprint density at radius 3 is 2.45 bits per heavy atom. The van der Waals surface area contributed by atoms with Gasteiger partial charge in [0.15, 0.2) is 5.82 Å². The van der Waals surface area contributed by atoms with E-state index in [0.717, 1.165) is 31.4 Å². The van der Waals surface area contributed by atoms with Gasteiger partial charge in [0.25, 0.3) is 0 Å². The van der Waals surface area contributed by atoms with Crippen molar-refractivity contribution in [2.75, 3.05) is 7.05 Å². The number of rotatable bonds is 5. The fraction of sp³-hybridized carbons (Fsp3) is 0.538. The Labute approximate surface area is 117 Å². The zero-order valence-electron chi connectivity index (χ0n) is 11.5. The fourth-order valence-electron chi connectivity index (χ4n) is 2.31. The molecule has 1 fully saturated rings. The highest BCUT2D eigenvalue weighted by Crippen LogP contribution is 2.33. The van der Waals surface area contributed by atoms with E-state index in [9.17, 15) is 17.2 Å². The van der Waals surface area contributed by atoms with Gasteiger partial charge in [0.2, 0.25) is 10.0 Å². The number of benzene rings is 1. The zero-order valence-corrected chi connectivity index (χ0v) is 12.3. The van der Waals surface area contributed by atoms with Gasteiger partial charge in [0, 0.05) is 17.6 Å². The maximum absolute atomic E-state index is 14.2. The van der Waals surface area contributed by atoms with E-state index in [-0.39, 0.29) is 12.1 Å². The molecule has 1 aliphatic carbocycles. The lowest BCUT2D eigenvalue weighted by Crippen LogP contribution is -2.50. The molecule has 1 aromatic carbocycles. The Hall–Kier alpha value is -1.05. The van der Waals surface area contributed by atoms with Crippen LogP contribution in [0.2, 0.25) is 0 Å². The van der Waals surface area contributed by atoms with Crippen molar-refractivity contribution in [3.8, 4) is 0 Å². The van der Waals surface area contributed by atoms with Crippen LogP contribution in [0.25, 0.3) is 0 Å². The van der Waals surface area contributed by atoms with Crippen LogP contribution in [0.15, 0.2) is 17.0 Å². The second-order valence-electron chi connectivity index (χ2n) is 5.39. The number of hydrogen-bond acceptors (Lipinski definition) is 3. The van der Waals surface area contributed by atoms with E-state index in [1.54, 1.807) is 6.92 Å². The highest BCUT2D eigenvalue weighted by Gasteiger charge is 2.37. The first-order valence-corrected chi connectivity index (χ1v) is 7.93. The first-order valence-electron chi connectivity index (χ1n) is 6.44. The third-order valence-corrected chi connectivity index (χ3v) is 5.29. The van der Waals surface area contributed by atoms with Crippen LogP contribution in [-0.4, -0.2) is 21.0 Å². The molecule has 0 heterocycles. The zero-order chi connectivity index (χ0) is 15.0. The molecule has 1 aliphatic rings. The van der Waals surface area contributed by atoms with Gasteiger partial charge in [-0.1, -0.05) is 0 Å². The monoisotopic (exact) mass is 304 g/mol. The first kappa shape index (κ1) is 15.3. The molecule has 0 saturated heterocycles. The summed E-state index contributed by atoms with van der Waals surface area (Å²) < 4.78 is 54.7. The van der Waals surface area contributed by atoms with Gasteiger partial charge in [-0.05, 0) is 45.4 Å². The predicted molar refractivity (Wildman–Crippen MR) is 71.7 cm³/mol. The largest absolute Gasteiger partial charge is 0.315 e. The Balaban J connectivity index is 2.39. The van der Waals surface area contributed by atoms with Crippen LogP contribution >= 0.6 is 0 Å². The molecule has 112 valence electrons. The van der Waals surface area contributed by atoms with Crippen molar-refractivity contribution in [2.24, 2.45) is 0 Å². The summed E-state index contributed by atoms with van der Waals surface area (Å²) in [5.74, 6) is -1.79. The highest BCUT2D eigenvalue weighted by atomic mass is 32.2. The first-order chi connectivity index (χ1) is 9.29. The van der Waals surface area contributed by atoms with Crippen molar-refractivity contribution in [1.29, 1.82) is 0 Å². The van der Waals surface area contributed by atoms with Gasteiger partial charge in [-0.2, -0.15) is 0 Å². The Morgan fingerprint density at radius 1 is 1.30 bits per heavy atom. The normalized spacial score (nSPS) is 17.8. The summed E-state index contributed by atoms with van der Waals surface area (Å²) in [5.41, 5.74) is -0.794. The fourth-order valence-corrected chi connectivity index (χ4v) is 3.88. The molecule has 0 radical (unpaired) electrons. The summed E-state index contributed by atoms with van der Waals surface area (Å²) in [6.07, 6.45) is 2.38. The van der Waals surface area contributed by atoms with Crippen LogP contribution < -0.4 is 10.0 Å². The Morgan fingerprint density at radius 2 is 1.95 bits per heavy atom. The van der Waals surface area contributed by atoms with Gasteiger partial charge in [0.05, 0.1) is 0 Å². The molecule has 4 nitrogen and oxygen atoms in total. The number of sulfonamides is 1. The van der Waals surface area contributed by atoms with Crippen molar-refractivity contribution in [2.45, 2.75) is 43.2 Å². The molecule has 0 spiro atoms. The molecule has 1 aromatic rings. The second-order valence-corrected chi connectivity index (χ2v) is 7.04. The smallest absolute Gasteiger partial charge is 0.243 e. The maximum atomic E-state index is 14.2. The summed E-state index contributed by atoms with van der Waals surface area (Å²) in [4.78, 5) is -0.503. The Kier molecular flexibility index (Phi) is 4.13. The molecule has 0 amide bonds. The van der Waals surface area contributed by atoms with Crippen molar-refractivity contribution < 1.29 is 17.2 Å². The average molecular weight is 304 g/mol. The maximum Gasteiger partial charge on any atom is 0.243 e. The lowest BCUT2D eigenvalue weighted by Gasteiger charge is -2.38. The topological polar surface area (TPSA) is 58.2 Å². The van der Waals surface area contributed by atoms with Crippen molar-refractivity contribution in [3.63, 3.8) is 0 Å². The molecule has 20 heavy (non-hydrogen) atoms. The van der Waals surface area contributed by atoms with Crippen molar-refractivity contribution in [3.05, 3.63) is 29.3 Å². The molecule has 0 aromatic heterocycles. The van der Waals surface area contributed by atoms with Gasteiger partial charge in [0.1, 0.15) is 10.7 Å². The minimum atomic E-state index is -3.99. The van der Waals surface area contributed by atoms with Gasteiger partial charge in [-0.15, -0.1) is 0 Å². The molecule has 0 atom stereocenters. The molecule has 0 bridgehead atoms. The van der Waals surface area contributed by atoms with E-state index in [1.165, 1.54) is 7.05 Å². The molecular formula is C13H18F2N2O2S. The summed E-state index contributed by atoms with van der Waals surface area (Å²) >= 11 is 0. The van der Waals surface area contributed by atoms with Gasteiger partial charge in [-0.3, -0.25) is 0 Å². The van der Waals surface area contributed by atoms with Gasteiger partial charge < -0.3 is 5.32 Å². The summed E-state index contributed by atoms with van der Waals surface area (Å²) in [5, 5.41) is 2.62. The van der Waals surface area contributed by atoms with Crippen LogP contribution in [0, 0.1) is 11.6 Å². The highest BCUT2D eigenvalue weighted by molar-refractivity contribution is 7.89. The number of nitrogens with one attached hydrogen (secondary N) is 2. The predicted octanol–water partition coefficient (Wildman–Crippen LogP) is 1.91. The van der Waals surface area contributed by atoms with E-state index in [2.05, 4.69) is 10.0 Å². The average Bonchev–Trinajstić information content (AvgIpc) is 2.31. The Bertz CT molecular complexity index is 613. The minimum Gasteiger partial charge on any atom is -0.315 e. The van der Waals surface area contributed by atoms with Crippen LogP contribution in [-0.2, 0) is 16.6 Å². The van der Waals surface area contributed by atoms with E-state index in [1.807, 2.05) is 0 Å². The third kappa shape index (κ3) is 2.84. The molecule has 0 unspecified atom stereocenters. The molecule has 0 aliphatic heterocycles. The SMILES string of the molecule is CNCc1c(F)ccc(S(=O)(=O)NC2(C)CCC2)c1F. The van der Waals surface area contributed by atoms with E-state index in [0.29, 0.717) is 0 Å². The molecule has 1 saturated carbocycles. The van der Waals surface area contributed by atoms with Gasteiger partial charge in [-0.25, -0.2) is 21.9 Å². The quantitative estimate of drug-likeness (QED) is 0.873. The van der Waals surface area contributed by atoms with Crippen LogP contribution in [0.4, 0.5) is 8.78 Å². The van der Waals surface area contributed by atoms with Gasteiger partial charge >= 0.3 is 0 Å². The number of halogens is 2.